The van der Waals surface area contributed by atoms with E-state index in [2.05, 4.69) is 18.8 Å². The Labute approximate surface area is 227 Å². The van der Waals surface area contributed by atoms with Gasteiger partial charge >= 0.3 is 0 Å². The average Bonchev–Trinajstić information content (AvgIpc) is 2.95. The number of carbonyl (C=O) groups excluding carboxylic acids is 1. The van der Waals surface area contributed by atoms with Crippen molar-refractivity contribution in [2.75, 3.05) is 0 Å². The molecule has 0 spiro atoms. The predicted octanol–water partition coefficient (Wildman–Crippen LogP) is 7.54. The van der Waals surface area contributed by atoms with E-state index in [-0.39, 0.29) is 17.5 Å². The number of aliphatic hydroxyl groups is 1. The van der Waals surface area contributed by atoms with E-state index in [4.69, 9.17) is 9.97 Å². The lowest BCUT2D eigenvalue weighted by Crippen LogP contribution is -2.55. The number of hydrogen-bond acceptors (Lipinski definition) is 5. The van der Waals surface area contributed by atoms with Gasteiger partial charge in [-0.2, -0.15) is 0 Å². The fourth-order valence-electron chi connectivity index (χ4n) is 7.39. The number of Topliss-reactive ketones (excluding diaryl/α,β-unsaturated/α-hetero) is 1. The summed E-state index contributed by atoms with van der Waals surface area (Å²) in [5.41, 5.74) is 3.73. The molecule has 0 saturated heterocycles. The van der Waals surface area contributed by atoms with Crippen molar-refractivity contribution in [3.05, 3.63) is 89.7 Å². The zero-order valence-electron chi connectivity index (χ0n) is 22.5. The maximum atomic E-state index is 15.3. The summed E-state index contributed by atoms with van der Waals surface area (Å²) in [5, 5.41) is 11.1. The number of nitrogens with zero attached hydrogens (tertiary/aromatic N) is 3. The van der Waals surface area contributed by atoms with E-state index in [0.717, 1.165) is 53.2 Å². The number of pyridine rings is 1. The molecule has 0 amide bonds. The summed E-state index contributed by atoms with van der Waals surface area (Å²) in [6.07, 6.45) is 6.13. The minimum Gasteiger partial charge on any atom is -0.515 e. The van der Waals surface area contributed by atoms with Crippen LogP contribution < -0.4 is 0 Å². The summed E-state index contributed by atoms with van der Waals surface area (Å²) in [6, 6.07) is 16.5. The van der Waals surface area contributed by atoms with Crippen molar-refractivity contribution in [1.82, 2.24) is 15.0 Å². The lowest BCUT2D eigenvalue weighted by atomic mass is 9.48. The molecule has 2 aromatic heterocycles. The van der Waals surface area contributed by atoms with Crippen LogP contribution >= 0.6 is 0 Å². The second-order valence-corrected chi connectivity index (χ2v) is 11.4. The largest absolute Gasteiger partial charge is 0.515 e. The van der Waals surface area contributed by atoms with Crippen LogP contribution in [0.3, 0.4) is 0 Å². The highest BCUT2D eigenvalue weighted by Crippen LogP contribution is 2.59. The van der Waals surface area contributed by atoms with E-state index in [1.54, 1.807) is 18.3 Å². The standard InChI is InChI=1S/C33H32FN3O2/c1-4-16-32(2)27-14-13-24-28(23-10-5-7-11-25(23)34)36-31(22-15-17-35-26-12-8-6-9-21(22)26)37-29(24)33(27,3)18-20(19-38)30(32)39/h5-12,15,17,19,27,38H,4,13-14,16,18H2,1-3H3/b20-19-/t27-,32-,33-/m1/s1. The molecule has 1 fully saturated rings. The number of hydrogen-bond donors (Lipinski definition) is 1. The molecule has 0 bridgehead atoms. The Morgan fingerprint density at radius 3 is 2.59 bits per heavy atom. The summed E-state index contributed by atoms with van der Waals surface area (Å²) in [4.78, 5) is 28.4. The summed E-state index contributed by atoms with van der Waals surface area (Å²) in [6.45, 7) is 6.30. The average molecular weight is 522 g/mol. The normalized spacial score (nSPS) is 25.5. The number of benzene rings is 2. The van der Waals surface area contributed by atoms with Crippen molar-refractivity contribution in [3.63, 3.8) is 0 Å². The summed E-state index contributed by atoms with van der Waals surface area (Å²) in [5.74, 6) is 0.235. The molecular weight excluding hydrogens is 489 g/mol. The molecule has 4 aromatic rings. The summed E-state index contributed by atoms with van der Waals surface area (Å²) in [7, 11) is 0. The van der Waals surface area contributed by atoms with Crippen LogP contribution in [-0.2, 0) is 16.6 Å². The molecule has 1 saturated carbocycles. The zero-order chi connectivity index (χ0) is 27.4. The van der Waals surface area contributed by atoms with Gasteiger partial charge in [-0.25, -0.2) is 14.4 Å². The molecule has 0 aliphatic heterocycles. The Morgan fingerprint density at radius 1 is 1.05 bits per heavy atom. The first-order valence-corrected chi connectivity index (χ1v) is 13.7. The molecule has 0 radical (unpaired) electrons. The van der Waals surface area contributed by atoms with Gasteiger partial charge in [-0.15, -0.1) is 0 Å². The quantitative estimate of drug-likeness (QED) is 0.222. The Morgan fingerprint density at radius 2 is 1.82 bits per heavy atom. The van der Waals surface area contributed by atoms with E-state index in [1.807, 2.05) is 43.3 Å². The first kappa shape index (κ1) is 25.4. The smallest absolute Gasteiger partial charge is 0.168 e. The van der Waals surface area contributed by atoms with Gasteiger partial charge in [0.15, 0.2) is 11.6 Å². The summed E-state index contributed by atoms with van der Waals surface area (Å²) < 4.78 is 15.3. The van der Waals surface area contributed by atoms with Gasteiger partial charge in [-0.05, 0) is 55.9 Å². The number of ketones is 1. The van der Waals surface area contributed by atoms with Crippen molar-refractivity contribution < 1.29 is 14.3 Å². The van der Waals surface area contributed by atoms with E-state index < -0.39 is 10.8 Å². The molecular formula is C33H32FN3O2. The molecule has 198 valence electrons. The minimum atomic E-state index is -0.624. The highest BCUT2D eigenvalue weighted by atomic mass is 19.1. The molecule has 3 atom stereocenters. The lowest BCUT2D eigenvalue weighted by Gasteiger charge is -2.54. The second-order valence-electron chi connectivity index (χ2n) is 11.4. The zero-order valence-corrected chi connectivity index (χ0v) is 22.5. The number of allylic oxidation sites excluding steroid dienone is 1. The monoisotopic (exact) mass is 521 g/mol. The molecule has 2 heterocycles. The van der Waals surface area contributed by atoms with Crippen LogP contribution in [0.1, 0.15) is 57.7 Å². The van der Waals surface area contributed by atoms with E-state index in [9.17, 15) is 9.90 Å². The molecule has 39 heavy (non-hydrogen) atoms. The Bertz CT molecular complexity index is 1640. The highest BCUT2D eigenvalue weighted by molar-refractivity contribution is 6.01. The van der Waals surface area contributed by atoms with Crippen LogP contribution in [-0.4, -0.2) is 25.8 Å². The maximum Gasteiger partial charge on any atom is 0.168 e. The number of para-hydroxylation sites is 1. The van der Waals surface area contributed by atoms with Crippen LogP contribution in [0.2, 0.25) is 0 Å². The summed E-state index contributed by atoms with van der Waals surface area (Å²) >= 11 is 0. The molecule has 2 aliphatic rings. The molecule has 2 aliphatic carbocycles. The van der Waals surface area contributed by atoms with Crippen molar-refractivity contribution in [2.45, 2.75) is 58.3 Å². The topological polar surface area (TPSA) is 76.0 Å². The number of aromatic nitrogens is 3. The van der Waals surface area contributed by atoms with Gasteiger partial charge in [-0.1, -0.05) is 57.5 Å². The van der Waals surface area contributed by atoms with Gasteiger partial charge in [0.2, 0.25) is 0 Å². The Kier molecular flexibility index (Phi) is 6.09. The van der Waals surface area contributed by atoms with Crippen molar-refractivity contribution >= 4 is 16.7 Å². The third kappa shape index (κ3) is 3.80. The van der Waals surface area contributed by atoms with E-state index in [1.165, 1.54) is 6.07 Å². The van der Waals surface area contributed by atoms with Gasteiger partial charge < -0.3 is 5.11 Å². The van der Waals surface area contributed by atoms with Gasteiger partial charge in [0, 0.05) is 44.7 Å². The second kappa shape index (κ2) is 9.37. The number of carbonyl (C=O) groups is 1. The third-order valence-corrected chi connectivity index (χ3v) is 9.08. The Balaban J connectivity index is 1.66. The fourth-order valence-corrected chi connectivity index (χ4v) is 7.39. The van der Waals surface area contributed by atoms with Crippen LogP contribution in [0.25, 0.3) is 33.5 Å². The highest BCUT2D eigenvalue weighted by Gasteiger charge is 2.58. The first-order valence-electron chi connectivity index (χ1n) is 13.7. The van der Waals surface area contributed by atoms with Gasteiger partial charge in [0.25, 0.3) is 0 Å². The SMILES string of the molecule is CCC[C@@]1(C)C(=O)/C(=C\O)C[C@@]2(C)c3nc(-c4ccnc5ccccc45)nc(-c4ccccc4F)c3CC[C@H]12. The maximum absolute atomic E-state index is 15.3. The van der Waals surface area contributed by atoms with Crippen LogP contribution in [0.4, 0.5) is 4.39 Å². The van der Waals surface area contributed by atoms with Gasteiger partial charge in [0.1, 0.15) is 5.82 Å². The lowest BCUT2D eigenvalue weighted by molar-refractivity contribution is -0.133. The van der Waals surface area contributed by atoms with E-state index in [0.29, 0.717) is 35.5 Å². The van der Waals surface area contributed by atoms with Crippen molar-refractivity contribution in [1.29, 1.82) is 0 Å². The van der Waals surface area contributed by atoms with Crippen molar-refractivity contribution in [3.8, 4) is 22.6 Å². The molecule has 1 N–H and O–H groups in total. The van der Waals surface area contributed by atoms with Crippen molar-refractivity contribution in [2.24, 2.45) is 11.3 Å². The van der Waals surface area contributed by atoms with Crippen LogP contribution in [0.5, 0.6) is 0 Å². The van der Waals surface area contributed by atoms with Gasteiger partial charge in [-0.3, -0.25) is 9.78 Å². The molecule has 5 nitrogen and oxygen atoms in total. The molecule has 2 aromatic carbocycles. The predicted molar refractivity (Wildman–Crippen MR) is 151 cm³/mol. The van der Waals surface area contributed by atoms with Crippen LogP contribution in [0, 0.1) is 17.2 Å². The van der Waals surface area contributed by atoms with Crippen LogP contribution in [0.15, 0.2) is 72.6 Å². The van der Waals surface area contributed by atoms with Gasteiger partial charge in [0.05, 0.1) is 23.2 Å². The molecule has 6 heteroatoms. The number of halogens is 1. The number of rotatable bonds is 4. The number of fused-ring (bicyclic) bond motifs is 4. The fraction of sp³-hybridized carbons (Fsp3) is 0.333. The molecule has 0 unspecified atom stereocenters. The molecule has 6 rings (SSSR count). The minimum absolute atomic E-state index is 0.0269. The third-order valence-electron chi connectivity index (χ3n) is 9.08. The first-order chi connectivity index (χ1) is 18.8. The van der Waals surface area contributed by atoms with E-state index >= 15 is 4.39 Å². The number of aliphatic hydroxyl groups excluding tert-OH is 1. The Hall–Kier alpha value is -3.93.